The Kier molecular flexibility index (Phi) is 8.02. The molecule has 2 heterocycles. The summed E-state index contributed by atoms with van der Waals surface area (Å²) in [4.78, 5) is 49.6. The van der Waals surface area contributed by atoms with Crippen LogP contribution in [0.25, 0.3) is 0 Å². The van der Waals surface area contributed by atoms with Crippen molar-refractivity contribution in [2.45, 2.75) is 27.3 Å². The maximum absolute atomic E-state index is 12.7. The van der Waals surface area contributed by atoms with Crippen LogP contribution in [0.2, 0.25) is 0 Å². The predicted octanol–water partition coefficient (Wildman–Crippen LogP) is 3.29. The number of esters is 3. The molecule has 10 nitrogen and oxygen atoms in total. The Balaban J connectivity index is 1.71. The number of aromatic nitrogens is 2. The molecule has 0 fully saturated rings. The van der Waals surface area contributed by atoms with E-state index < -0.39 is 30.4 Å². The highest BCUT2D eigenvalue weighted by molar-refractivity contribution is 7.18. The van der Waals surface area contributed by atoms with Crippen molar-refractivity contribution in [2.24, 2.45) is 0 Å². The van der Waals surface area contributed by atoms with Gasteiger partial charge in [-0.15, -0.1) is 11.3 Å². The summed E-state index contributed by atoms with van der Waals surface area (Å²) in [6.07, 6.45) is 0. The average molecular weight is 500 g/mol. The van der Waals surface area contributed by atoms with E-state index >= 15 is 0 Å². The maximum atomic E-state index is 12.7. The first-order chi connectivity index (χ1) is 16.7. The molecular weight excluding hydrogens is 474 g/mol. The molecule has 0 bridgehead atoms. The number of hydrogen-bond donors (Lipinski definition) is 1. The van der Waals surface area contributed by atoms with Gasteiger partial charge in [0.25, 0.3) is 5.91 Å². The molecule has 0 aliphatic heterocycles. The van der Waals surface area contributed by atoms with Gasteiger partial charge in [-0.1, -0.05) is 30.3 Å². The lowest BCUT2D eigenvalue weighted by Gasteiger charge is -2.08. The fourth-order valence-electron chi connectivity index (χ4n) is 3.51. The number of ether oxygens (including phenoxy) is 3. The van der Waals surface area contributed by atoms with E-state index in [9.17, 15) is 19.2 Å². The normalized spacial score (nSPS) is 10.5. The number of thiophene rings is 1. The van der Waals surface area contributed by atoms with Gasteiger partial charge in [0.05, 0.1) is 37.7 Å². The van der Waals surface area contributed by atoms with Gasteiger partial charge in [-0.2, -0.15) is 5.10 Å². The summed E-state index contributed by atoms with van der Waals surface area (Å²) in [6, 6.07) is 9.67. The number of rotatable bonds is 8. The van der Waals surface area contributed by atoms with Crippen molar-refractivity contribution in [3.8, 4) is 0 Å². The molecule has 0 spiro atoms. The van der Waals surface area contributed by atoms with Crippen LogP contribution in [0.4, 0.5) is 5.00 Å². The average Bonchev–Trinajstić information content (AvgIpc) is 3.31. The van der Waals surface area contributed by atoms with Crippen LogP contribution >= 0.6 is 11.3 Å². The van der Waals surface area contributed by atoms with Crippen molar-refractivity contribution >= 4 is 40.2 Å². The number of carbonyl (C=O) groups is 4. The minimum absolute atomic E-state index is 0.0338. The number of hydrogen-bond acceptors (Lipinski definition) is 9. The van der Waals surface area contributed by atoms with Gasteiger partial charge < -0.3 is 19.5 Å². The van der Waals surface area contributed by atoms with E-state index in [2.05, 4.69) is 10.4 Å². The first kappa shape index (κ1) is 25.6. The molecule has 0 saturated heterocycles. The molecule has 0 atom stereocenters. The minimum Gasteiger partial charge on any atom is -0.465 e. The van der Waals surface area contributed by atoms with Crippen LogP contribution in [-0.2, 0) is 25.5 Å². The van der Waals surface area contributed by atoms with Crippen molar-refractivity contribution in [1.29, 1.82) is 0 Å². The van der Waals surface area contributed by atoms with Gasteiger partial charge in [0.1, 0.15) is 15.4 Å². The second kappa shape index (κ2) is 11.0. The smallest absolute Gasteiger partial charge is 0.348 e. The van der Waals surface area contributed by atoms with Crippen LogP contribution in [0.5, 0.6) is 0 Å². The molecule has 11 heteroatoms. The van der Waals surface area contributed by atoms with Crippen molar-refractivity contribution in [3.63, 3.8) is 0 Å². The zero-order valence-electron chi connectivity index (χ0n) is 20.0. The highest BCUT2D eigenvalue weighted by Crippen LogP contribution is 2.34. The molecule has 0 saturated carbocycles. The standard InChI is InChI=1S/C24H25N3O7S/c1-13-18(22(29)32-4)21(35-20(13)24(31)33-5)25-17(28)12-34-23(30)19-14(2)26-27(15(19)3)11-16-9-7-6-8-10-16/h6-10H,11-12H2,1-5H3,(H,25,28). The Bertz CT molecular complexity index is 1280. The molecule has 3 rings (SSSR count). The summed E-state index contributed by atoms with van der Waals surface area (Å²) < 4.78 is 16.4. The number of amides is 1. The van der Waals surface area contributed by atoms with Crippen molar-refractivity contribution in [3.05, 3.63) is 68.9 Å². The zero-order valence-corrected chi connectivity index (χ0v) is 20.8. The van der Waals surface area contributed by atoms with Gasteiger partial charge in [0.15, 0.2) is 6.61 Å². The fraction of sp³-hybridized carbons (Fsp3) is 0.292. The van der Waals surface area contributed by atoms with Crippen LogP contribution in [-0.4, -0.2) is 54.4 Å². The van der Waals surface area contributed by atoms with Crippen molar-refractivity contribution < 1.29 is 33.4 Å². The quantitative estimate of drug-likeness (QED) is 0.370. The van der Waals surface area contributed by atoms with Gasteiger partial charge >= 0.3 is 17.9 Å². The second-order valence-electron chi connectivity index (χ2n) is 7.56. The van der Waals surface area contributed by atoms with E-state index in [0.29, 0.717) is 23.5 Å². The monoisotopic (exact) mass is 499 g/mol. The number of nitrogens with zero attached hydrogens (tertiary/aromatic N) is 2. The van der Waals surface area contributed by atoms with E-state index in [1.807, 2.05) is 30.3 Å². The maximum Gasteiger partial charge on any atom is 0.348 e. The number of aryl methyl sites for hydroxylation is 1. The molecule has 184 valence electrons. The summed E-state index contributed by atoms with van der Waals surface area (Å²) in [6.45, 7) is 4.87. The Morgan fingerprint density at radius 2 is 1.60 bits per heavy atom. The van der Waals surface area contributed by atoms with E-state index in [1.165, 1.54) is 14.2 Å². The summed E-state index contributed by atoms with van der Waals surface area (Å²) in [5, 5.41) is 7.03. The molecule has 0 aliphatic rings. The third-order valence-electron chi connectivity index (χ3n) is 5.26. The van der Waals surface area contributed by atoms with Crippen LogP contribution in [0.3, 0.4) is 0 Å². The Hall–Kier alpha value is -3.99. The second-order valence-corrected chi connectivity index (χ2v) is 8.58. The first-order valence-electron chi connectivity index (χ1n) is 10.5. The molecule has 3 aromatic rings. The Morgan fingerprint density at radius 1 is 0.943 bits per heavy atom. The topological polar surface area (TPSA) is 126 Å². The highest BCUT2D eigenvalue weighted by Gasteiger charge is 2.27. The molecule has 0 radical (unpaired) electrons. The predicted molar refractivity (Wildman–Crippen MR) is 128 cm³/mol. The zero-order chi connectivity index (χ0) is 25.7. The molecule has 2 aromatic heterocycles. The fourth-order valence-corrected chi connectivity index (χ4v) is 4.63. The van der Waals surface area contributed by atoms with Crippen LogP contribution < -0.4 is 5.32 Å². The van der Waals surface area contributed by atoms with Crippen LogP contribution in [0, 0.1) is 20.8 Å². The first-order valence-corrected chi connectivity index (χ1v) is 11.3. The van der Waals surface area contributed by atoms with Crippen LogP contribution in [0.15, 0.2) is 30.3 Å². The minimum atomic E-state index is -0.724. The molecule has 1 amide bonds. The van der Waals surface area contributed by atoms with E-state index in [1.54, 1.807) is 25.5 Å². The third kappa shape index (κ3) is 5.57. The third-order valence-corrected chi connectivity index (χ3v) is 6.44. The Morgan fingerprint density at radius 3 is 2.23 bits per heavy atom. The molecule has 35 heavy (non-hydrogen) atoms. The summed E-state index contributed by atoms with van der Waals surface area (Å²) >= 11 is 0.869. The van der Waals surface area contributed by atoms with Crippen molar-refractivity contribution in [1.82, 2.24) is 9.78 Å². The summed E-state index contributed by atoms with van der Waals surface area (Å²) in [5.74, 6) is -2.75. The van der Waals surface area contributed by atoms with Crippen molar-refractivity contribution in [2.75, 3.05) is 26.1 Å². The number of nitrogens with one attached hydrogen (secondary N) is 1. The largest absolute Gasteiger partial charge is 0.465 e. The van der Waals surface area contributed by atoms with Gasteiger partial charge in [-0.3, -0.25) is 9.48 Å². The number of methoxy groups -OCH3 is 2. The number of carbonyl (C=O) groups excluding carboxylic acids is 4. The van der Waals surface area contributed by atoms with Gasteiger partial charge in [0, 0.05) is 0 Å². The Labute approximate surface area is 205 Å². The van der Waals surface area contributed by atoms with Gasteiger partial charge in [0.2, 0.25) is 0 Å². The lowest BCUT2D eigenvalue weighted by molar-refractivity contribution is -0.119. The lowest BCUT2D eigenvalue weighted by Crippen LogP contribution is -2.22. The highest BCUT2D eigenvalue weighted by atomic mass is 32.1. The molecular formula is C24H25N3O7S. The lowest BCUT2D eigenvalue weighted by atomic mass is 10.1. The van der Waals surface area contributed by atoms with Gasteiger partial charge in [-0.25, -0.2) is 14.4 Å². The SMILES string of the molecule is COC(=O)c1sc(NC(=O)COC(=O)c2c(C)nn(Cc3ccccc3)c2C)c(C(=O)OC)c1C. The summed E-state index contributed by atoms with van der Waals surface area (Å²) in [7, 11) is 2.40. The number of benzene rings is 1. The van der Waals surface area contributed by atoms with Crippen LogP contribution in [0.1, 0.15) is 52.9 Å². The van der Waals surface area contributed by atoms with E-state index in [-0.39, 0.29) is 21.0 Å². The van der Waals surface area contributed by atoms with Gasteiger partial charge in [-0.05, 0) is 31.9 Å². The molecule has 1 N–H and O–H groups in total. The molecule has 0 unspecified atom stereocenters. The molecule has 0 aliphatic carbocycles. The summed E-state index contributed by atoms with van der Waals surface area (Å²) in [5.41, 5.74) is 2.75. The van der Waals surface area contributed by atoms with E-state index in [4.69, 9.17) is 14.2 Å². The molecule has 1 aromatic carbocycles. The number of anilines is 1. The van der Waals surface area contributed by atoms with E-state index in [0.717, 1.165) is 16.9 Å².